The molecule has 2 fully saturated rings. The van der Waals surface area contributed by atoms with Crippen molar-refractivity contribution in [3.05, 3.63) is 46.2 Å². The zero-order valence-electron chi connectivity index (χ0n) is 18.1. The number of likely N-dealkylation sites (tertiary alicyclic amines) is 1. The van der Waals surface area contributed by atoms with E-state index in [4.69, 9.17) is 9.47 Å². The highest BCUT2D eigenvalue weighted by Gasteiger charge is 2.38. The van der Waals surface area contributed by atoms with Crippen molar-refractivity contribution >= 4 is 23.2 Å². The fourth-order valence-corrected chi connectivity index (χ4v) is 5.07. The van der Waals surface area contributed by atoms with E-state index in [0.29, 0.717) is 24.5 Å². The summed E-state index contributed by atoms with van der Waals surface area (Å²) in [6.07, 6.45) is 1.63. The summed E-state index contributed by atoms with van der Waals surface area (Å²) in [7, 11) is 3.33. The van der Waals surface area contributed by atoms with E-state index in [1.807, 2.05) is 40.6 Å². The third-order valence-corrected chi connectivity index (χ3v) is 6.95. The number of methoxy groups -OCH3 is 2. The number of benzene rings is 1. The van der Waals surface area contributed by atoms with Crippen LogP contribution in [-0.4, -0.2) is 79.5 Å². The van der Waals surface area contributed by atoms with Crippen molar-refractivity contribution in [3.63, 3.8) is 0 Å². The van der Waals surface area contributed by atoms with Crippen LogP contribution >= 0.6 is 11.3 Å². The minimum absolute atomic E-state index is 0.0189. The Bertz CT molecular complexity index is 910. The van der Waals surface area contributed by atoms with Crippen LogP contribution in [-0.2, 0) is 11.3 Å². The Morgan fingerprint density at radius 2 is 1.87 bits per heavy atom. The van der Waals surface area contributed by atoms with Gasteiger partial charge in [0.25, 0.3) is 5.91 Å². The van der Waals surface area contributed by atoms with E-state index >= 15 is 0 Å². The first kappa shape index (κ1) is 21.6. The van der Waals surface area contributed by atoms with Crippen molar-refractivity contribution in [2.24, 2.45) is 0 Å². The van der Waals surface area contributed by atoms with Gasteiger partial charge in [0.1, 0.15) is 17.5 Å². The predicted molar refractivity (Wildman–Crippen MR) is 120 cm³/mol. The quantitative estimate of drug-likeness (QED) is 0.687. The van der Waals surface area contributed by atoms with Crippen LogP contribution in [0.25, 0.3) is 0 Å². The highest BCUT2D eigenvalue weighted by molar-refractivity contribution is 7.12. The molecule has 0 saturated carbocycles. The smallest absolute Gasteiger partial charge is 0.264 e. The van der Waals surface area contributed by atoms with Crippen molar-refractivity contribution < 1.29 is 19.1 Å². The van der Waals surface area contributed by atoms with Gasteiger partial charge in [-0.3, -0.25) is 14.5 Å². The number of ether oxygens (including phenoxy) is 2. The van der Waals surface area contributed by atoms with Crippen molar-refractivity contribution in [2.75, 3.05) is 46.9 Å². The maximum absolute atomic E-state index is 13.2. The average molecular weight is 444 g/mol. The Hall–Kier alpha value is -2.58. The lowest BCUT2D eigenvalue weighted by Gasteiger charge is -2.37. The highest BCUT2D eigenvalue weighted by Crippen LogP contribution is 2.27. The van der Waals surface area contributed by atoms with Gasteiger partial charge in [0.2, 0.25) is 5.91 Å². The number of carbonyl (C=O) groups excluding carboxylic acids is 2. The SMILES string of the molecule is COc1ccc(OC)c(CN2CCN(C(=O)[C@@H]3CCCN3C(=O)c3cccs3)CC2)c1. The summed E-state index contributed by atoms with van der Waals surface area (Å²) in [5.74, 6) is 1.71. The number of thiophene rings is 1. The monoisotopic (exact) mass is 443 g/mol. The lowest BCUT2D eigenvalue weighted by molar-refractivity contribution is -0.137. The largest absolute Gasteiger partial charge is 0.497 e. The van der Waals surface area contributed by atoms with Crippen LogP contribution in [0, 0.1) is 0 Å². The normalized spacial score (nSPS) is 19.5. The van der Waals surface area contributed by atoms with Crippen molar-refractivity contribution in [3.8, 4) is 11.5 Å². The van der Waals surface area contributed by atoms with E-state index in [1.54, 1.807) is 19.1 Å². The van der Waals surface area contributed by atoms with Crippen LogP contribution < -0.4 is 9.47 Å². The van der Waals surface area contributed by atoms with Crippen LogP contribution in [0.4, 0.5) is 0 Å². The number of piperazine rings is 1. The first-order valence-electron chi connectivity index (χ1n) is 10.7. The van der Waals surface area contributed by atoms with Gasteiger partial charge in [0.15, 0.2) is 0 Å². The van der Waals surface area contributed by atoms with Crippen LogP contribution in [0.2, 0.25) is 0 Å². The molecule has 0 N–H and O–H groups in total. The molecule has 0 spiro atoms. The summed E-state index contributed by atoms with van der Waals surface area (Å²) in [4.78, 5) is 32.7. The molecule has 166 valence electrons. The summed E-state index contributed by atoms with van der Waals surface area (Å²) < 4.78 is 10.8. The Morgan fingerprint density at radius 3 is 2.55 bits per heavy atom. The molecule has 0 aliphatic carbocycles. The zero-order valence-corrected chi connectivity index (χ0v) is 18.9. The number of carbonyl (C=O) groups is 2. The summed E-state index contributed by atoms with van der Waals surface area (Å²) >= 11 is 1.43. The molecule has 1 atom stereocenters. The Morgan fingerprint density at radius 1 is 1.06 bits per heavy atom. The molecule has 2 amide bonds. The third-order valence-electron chi connectivity index (χ3n) is 6.10. The van der Waals surface area contributed by atoms with E-state index in [2.05, 4.69) is 4.90 Å². The summed E-state index contributed by atoms with van der Waals surface area (Å²) in [5.41, 5.74) is 1.07. The van der Waals surface area contributed by atoms with Gasteiger partial charge in [0.05, 0.1) is 19.1 Å². The van der Waals surface area contributed by atoms with Gasteiger partial charge in [-0.15, -0.1) is 11.3 Å². The van der Waals surface area contributed by atoms with E-state index in [9.17, 15) is 9.59 Å². The topological polar surface area (TPSA) is 62.3 Å². The van der Waals surface area contributed by atoms with Gasteiger partial charge in [-0.05, 0) is 42.5 Å². The summed E-state index contributed by atoms with van der Waals surface area (Å²) in [6, 6.07) is 9.19. The number of nitrogens with zero attached hydrogens (tertiary/aromatic N) is 3. The van der Waals surface area contributed by atoms with Crippen LogP contribution in [0.3, 0.4) is 0 Å². The maximum Gasteiger partial charge on any atom is 0.264 e. The molecule has 1 aromatic heterocycles. The molecule has 2 aliphatic heterocycles. The molecule has 31 heavy (non-hydrogen) atoms. The molecular weight excluding hydrogens is 414 g/mol. The summed E-state index contributed by atoms with van der Waals surface area (Å²) in [5, 5.41) is 1.90. The molecule has 3 heterocycles. The third kappa shape index (κ3) is 4.70. The standard InChI is InChI=1S/C23H29N3O4S/c1-29-18-7-8-20(30-2)17(15-18)16-24-10-12-25(13-11-24)22(27)19-5-3-9-26(19)23(28)21-6-4-14-31-21/h4,6-8,14-15,19H,3,5,9-13,16H2,1-2H3/t19-/m0/s1. The van der Waals surface area contributed by atoms with Crippen LogP contribution in [0.5, 0.6) is 11.5 Å². The highest BCUT2D eigenvalue weighted by atomic mass is 32.1. The van der Waals surface area contributed by atoms with E-state index < -0.39 is 0 Å². The Balaban J connectivity index is 1.35. The number of hydrogen-bond donors (Lipinski definition) is 0. The van der Waals surface area contributed by atoms with Crippen molar-refractivity contribution in [2.45, 2.75) is 25.4 Å². The number of amides is 2. The van der Waals surface area contributed by atoms with E-state index in [1.165, 1.54) is 11.3 Å². The van der Waals surface area contributed by atoms with Crippen molar-refractivity contribution in [1.82, 2.24) is 14.7 Å². The minimum Gasteiger partial charge on any atom is -0.497 e. The molecule has 2 aromatic rings. The van der Waals surface area contributed by atoms with Gasteiger partial charge in [0, 0.05) is 44.8 Å². The second kappa shape index (κ2) is 9.70. The second-order valence-corrected chi connectivity index (χ2v) is 8.86. The fraction of sp³-hybridized carbons (Fsp3) is 0.478. The van der Waals surface area contributed by atoms with Crippen LogP contribution in [0.1, 0.15) is 28.1 Å². The second-order valence-electron chi connectivity index (χ2n) is 7.91. The van der Waals surface area contributed by atoms with Crippen LogP contribution in [0.15, 0.2) is 35.7 Å². The lowest BCUT2D eigenvalue weighted by atomic mass is 10.1. The maximum atomic E-state index is 13.2. The minimum atomic E-state index is -0.334. The Kier molecular flexibility index (Phi) is 6.77. The predicted octanol–water partition coefficient (Wildman–Crippen LogP) is 2.71. The number of hydrogen-bond acceptors (Lipinski definition) is 6. The van der Waals surface area contributed by atoms with E-state index in [0.717, 1.165) is 49.5 Å². The van der Waals surface area contributed by atoms with Gasteiger partial charge in [-0.2, -0.15) is 0 Å². The van der Waals surface area contributed by atoms with E-state index in [-0.39, 0.29) is 17.9 Å². The molecule has 2 aliphatic rings. The molecule has 2 saturated heterocycles. The molecule has 0 bridgehead atoms. The Labute approximate surface area is 187 Å². The zero-order chi connectivity index (χ0) is 21.8. The first-order chi connectivity index (χ1) is 15.1. The van der Waals surface area contributed by atoms with Gasteiger partial charge >= 0.3 is 0 Å². The van der Waals surface area contributed by atoms with Gasteiger partial charge < -0.3 is 19.3 Å². The molecule has 1 aromatic carbocycles. The van der Waals surface area contributed by atoms with Gasteiger partial charge in [-0.1, -0.05) is 6.07 Å². The molecule has 8 heteroatoms. The lowest BCUT2D eigenvalue weighted by Crippen LogP contribution is -2.54. The van der Waals surface area contributed by atoms with Crippen molar-refractivity contribution in [1.29, 1.82) is 0 Å². The van der Waals surface area contributed by atoms with Gasteiger partial charge in [-0.25, -0.2) is 0 Å². The first-order valence-corrected chi connectivity index (χ1v) is 11.5. The fourth-order valence-electron chi connectivity index (χ4n) is 4.39. The molecule has 0 radical (unpaired) electrons. The molecular formula is C23H29N3O4S. The average Bonchev–Trinajstić information content (AvgIpc) is 3.51. The molecule has 7 nitrogen and oxygen atoms in total. The summed E-state index contributed by atoms with van der Waals surface area (Å²) in [6.45, 7) is 4.32. The molecule has 0 unspecified atom stereocenters. The number of rotatable bonds is 6. The molecule has 4 rings (SSSR count).